The molecule has 0 amide bonds. The Morgan fingerprint density at radius 2 is 2.05 bits per heavy atom. The van der Waals surface area contributed by atoms with Gasteiger partial charge in [-0.3, -0.25) is 0 Å². The van der Waals surface area contributed by atoms with E-state index in [2.05, 4.69) is 13.8 Å². The molecule has 0 saturated heterocycles. The summed E-state index contributed by atoms with van der Waals surface area (Å²) in [5.41, 5.74) is 0.834. The summed E-state index contributed by atoms with van der Waals surface area (Å²) in [5.74, 6) is 2.17. The minimum atomic E-state index is -0.212. The Balaban J connectivity index is 2.07. The number of halogens is 3. The fourth-order valence-corrected chi connectivity index (χ4v) is 3.81. The van der Waals surface area contributed by atoms with Crippen molar-refractivity contribution in [3.05, 3.63) is 29.6 Å². The summed E-state index contributed by atoms with van der Waals surface area (Å²) in [7, 11) is 0. The number of benzene rings is 1. The van der Waals surface area contributed by atoms with E-state index in [1.807, 2.05) is 0 Å². The molecule has 1 aromatic carbocycles. The molecule has 0 spiro atoms. The summed E-state index contributed by atoms with van der Waals surface area (Å²) in [4.78, 5) is 0. The van der Waals surface area contributed by atoms with Crippen molar-refractivity contribution in [3.8, 4) is 5.75 Å². The van der Waals surface area contributed by atoms with Gasteiger partial charge in [0, 0.05) is 29.2 Å². The summed E-state index contributed by atoms with van der Waals surface area (Å²) in [6.07, 6.45) is 2.57. The highest BCUT2D eigenvalue weighted by molar-refractivity contribution is 6.21. The third-order valence-electron chi connectivity index (χ3n) is 3.83. The third-order valence-corrected chi connectivity index (χ3v) is 4.97. The van der Waals surface area contributed by atoms with E-state index in [9.17, 15) is 4.39 Å². The van der Waals surface area contributed by atoms with Gasteiger partial charge in [-0.15, -0.1) is 23.2 Å². The van der Waals surface area contributed by atoms with E-state index < -0.39 is 0 Å². The Labute approximate surface area is 130 Å². The van der Waals surface area contributed by atoms with Crippen LogP contribution in [0, 0.1) is 17.2 Å². The second kappa shape index (κ2) is 6.53. The highest BCUT2D eigenvalue weighted by Gasteiger charge is 2.36. The van der Waals surface area contributed by atoms with Crippen LogP contribution in [-0.4, -0.2) is 17.9 Å². The maximum atomic E-state index is 13.2. The minimum Gasteiger partial charge on any atom is -0.490 e. The Bertz CT molecular complexity index is 458. The zero-order valence-electron chi connectivity index (χ0n) is 12.0. The van der Waals surface area contributed by atoms with E-state index in [4.69, 9.17) is 27.9 Å². The first-order chi connectivity index (χ1) is 9.48. The molecule has 20 heavy (non-hydrogen) atoms. The largest absolute Gasteiger partial charge is 0.490 e. The van der Waals surface area contributed by atoms with Gasteiger partial charge in [0.1, 0.15) is 17.7 Å². The molecule has 0 aromatic heterocycles. The van der Waals surface area contributed by atoms with E-state index in [1.165, 1.54) is 6.07 Å². The molecular formula is C16H21Cl2FO. The fraction of sp³-hybridized carbons (Fsp3) is 0.625. The summed E-state index contributed by atoms with van der Waals surface area (Å²) in [6, 6.07) is 4.70. The van der Waals surface area contributed by atoms with Crippen LogP contribution in [0.2, 0.25) is 0 Å². The summed E-state index contributed by atoms with van der Waals surface area (Å²) < 4.78 is 19.2. The maximum Gasteiger partial charge on any atom is 0.123 e. The SMILES string of the molecule is CC(C)CC(CCl)(CCl)CC1Cc2cc(F)ccc2O1. The topological polar surface area (TPSA) is 9.23 Å². The van der Waals surface area contributed by atoms with Gasteiger partial charge in [-0.2, -0.15) is 0 Å². The molecule has 1 aliphatic rings. The lowest BCUT2D eigenvalue weighted by Crippen LogP contribution is -2.33. The average molecular weight is 319 g/mol. The van der Waals surface area contributed by atoms with Crippen molar-refractivity contribution in [1.82, 2.24) is 0 Å². The summed E-state index contributed by atoms with van der Waals surface area (Å²) in [5, 5.41) is 0. The van der Waals surface area contributed by atoms with Crippen molar-refractivity contribution in [2.75, 3.05) is 11.8 Å². The van der Waals surface area contributed by atoms with Gasteiger partial charge in [0.2, 0.25) is 0 Å². The normalized spacial score (nSPS) is 18.2. The highest BCUT2D eigenvalue weighted by Crippen LogP contribution is 2.39. The predicted octanol–water partition coefficient (Wildman–Crippen LogP) is 5.03. The molecular weight excluding hydrogens is 298 g/mol. The van der Waals surface area contributed by atoms with Crippen LogP contribution in [0.3, 0.4) is 0 Å². The molecule has 0 radical (unpaired) electrons. The molecule has 1 heterocycles. The second-order valence-electron chi connectivity index (χ2n) is 6.27. The highest BCUT2D eigenvalue weighted by atomic mass is 35.5. The zero-order chi connectivity index (χ0) is 14.8. The van der Waals surface area contributed by atoms with Crippen molar-refractivity contribution >= 4 is 23.2 Å². The first-order valence-electron chi connectivity index (χ1n) is 7.05. The lowest BCUT2D eigenvalue weighted by molar-refractivity contribution is 0.144. The Hall–Kier alpha value is -0.470. The number of hydrogen-bond donors (Lipinski definition) is 0. The molecule has 1 aliphatic heterocycles. The molecule has 1 aromatic rings. The quantitative estimate of drug-likeness (QED) is 0.668. The lowest BCUT2D eigenvalue weighted by Gasteiger charge is -2.33. The average Bonchev–Trinajstić information content (AvgIpc) is 2.78. The van der Waals surface area contributed by atoms with E-state index in [1.54, 1.807) is 12.1 Å². The Kier molecular flexibility index (Phi) is 5.19. The van der Waals surface area contributed by atoms with Crippen LogP contribution < -0.4 is 4.74 Å². The van der Waals surface area contributed by atoms with Crippen molar-refractivity contribution in [1.29, 1.82) is 0 Å². The zero-order valence-corrected chi connectivity index (χ0v) is 13.5. The van der Waals surface area contributed by atoms with Crippen LogP contribution in [0.25, 0.3) is 0 Å². The number of rotatable bonds is 6. The van der Waals surface area contributed by atoms with Crippen molar-refractivity contribution in [2.45, 2.75) is 39.2 Å². The molecule has 112 valence electrons. The standard InChI is InChI=1S/C16H21Cl2FO/c1-11(2)7-16(9-17,10-18)8-14-6-12-5-13(19)3-4-15(12)20-14/h3-5,11,14H,6-10H2,1-2H3. The Morgan fingerprint density at radius 3 is 2.65 bits per heavy atom. The first kappa shape index (κ1) is 15.9. The second-order valence-corrected chi connectivity index (χ2v) is 6.80. The number of fused-ring (bicyclic) bond motifs is 1. The van der Waals surface area contributed by atoms with E-state index >= 15 is 0 Å². The van der Waals surface area contributed by atoms with Crippen LogP contribution in [0.4, 0.5) is 4.39 Å². The van der Waals surface area contributed by atoms with Crippen LogP contribution >= 0.6 is 23.2 Å². The third kappa shape index (κ3) is 3.59. The van der Waals surface area contributed by atoms with Gasteiger partial charge in [-0.05, 0) is 37.0 Å². The minimum absolute atomic E-state index is 0.0445. The first-order valence-corrected chi connectivity index (χ1v) is 8.12. The van der Waals surface area contributed by atoms with Gasteiger partial charge in [-0.1, -0.05) is 13.8 Å². The molecule has 0 saturated carbocycles. The summed E-state index contributed by atoms with van der Waals surface area (Å²) >= 11 is 12.4. The molecule has 1 unspecified atom stereocenters. The van der Waals surface area contributed by atoms with Crippen molar-refractivity contribution in [3.63, 3.8) is 0 Å². The molecule has 0 aliphatic carbocycles. The van der Waals surface area contributed by atoms with Crippen LogP contribution in [0.1, 0.15) is 32.3 Å². The van der Waals surface area contributed by atoms with Gasteiger partial charge in [0.15, 0.2) is 0 Å². The van der Waals surface area contributed by atoms with Crippen molar-refractivity contribution < 1.29 is 9.13 Å². The van der Waals surface area contributed by atoms with Crippen LogP contribution in [-0.2, 0) is 6.42 Å². The van der Waals surface area contributed by atoms with E-state index in [0.29, 0.717) is 17.7 Å². The van der Waals surface area contributed by atoms with E-state index in [-0.39, 0.29) is 17.3 Å². The molecule has 0 N–H and O–H groups in total. The smallest absolute Gasteiger partial charge is 0.123 e. The summed E-state index contributed by atoms with van der Waals surface area (Å²) in [6.45, 7) is 4.35. The Morgan fingerprint density at radius 1 is 1.35 bits per heavy atom. The number of alkyl halides is 2. The van der Waals surface area contributed by atoms with Gasteiger partial charge in [0.05, 0.1) is 0 Å². The fourth-order valence-electron chi connectivity index (χ4n) is 3.09. The molecule has 1 atom stereocenters. The molecule has 0 bridgehead atoms. The molecule has 1 nitrogen and oxygen atoms in total. The molecule has 4 heteroatoms. The van der Waals surface area contributed by atoms with Crippen molar-refractivity contribution in [2.24, 2.45) is 11.3 Å². The molecule has 0 fully saturated rings. The lowest BCUT2D eigenvalue weighted by atomic mass is 9.78. The van der Waals surface area contributed by atoms with Gasteiger partial charge in [-0.25, -0.2) is 4.39 Å². The van der Waals surface area contributed by atoms with Crippen LogP contribution in [0.15, 0.2) is 18.2 Å². The molecule has 2 rings (SSSR count). The van der Waals surface area contributed by atoms with Crippen LogP contribution in [0.5, 0.6) is 5.75 Å². The predicted molar refractivity (Wildman–Crippen MR) is 82.5 cm³/mol. The van der Waals surface area contributed by atoms with Gasteiger partial charge >= 0.3 is 0 Å². The van der Waals surface area contributed by atoms with Gasteiger partial charge < -0.3 is 4.74 Å². The number of hydrogen-bond acceptors (Lipinski definition) is 1. The van der Waals surface area contributed by atoms with E-state index in [0.717, 1.165) is 30.6 Å². The van der Waals surface area contributed by atoms with Gasteiger partial charge in [0.25, 0.3) is 0 Å². The number of ether oxygens (including phenoxy) is 1. The maximum absolute atomic E-state index is 13.2. The monoisotopic (exact) mass is 318 g/mol.